The maximum atomic E-state index is 12.0. The zero-order valence-corrected chi connectivity index (χ0v) is 18.8. The van der Waals surface area contributed by atoms with Crippen LogP contribution in [0.4, 0.5) is 0 Å². The molecule has 0 spiro atoms. The Labute approximate surface area is 170 Å². The molecule has 2 atom stereocenters. The van der Waals surface area contributed by atoms with Crippen LogP contribution in [0.2, 0.25) is 0 Å². The Morgan fingerprint density at radius 2 is 1.93 bits per heavy atom. The average Bonchev–Trinajstić information content (AvgIpc) is 2.67. The molecule has 0 radical (unpaired) electrons. The van der Waals surface area contributed by atoms with Crippen LogP contribution in [-0.4, -0.2) is 12.1 Å². The van der Waals surface area contributed by atoms with E-state index in [9.17, 15) is 4.79 Å². The minimum atomic E-state index is 0.00816. The van der Waals surface area contributed by atoms with Gasteiger partial charge in [0, 0.05) is 23.7 Å². The summed E-state index contributed by atoms with van der Waals surface area (Å²) in [5, 5.41) is 0. The van der Waals surface area contributed by atoms with Gasteiger partial charge in [-0.15, -0.1) is 0 Å². The van der Waals surface area contributed by atoms with Crippen molar-refractivity contribution in [3.8, 4) is 5.88 Å². The van der Waals surface area contributed by atoms with E-state index in [-0.39, 0.29) is 5.43 Å². The fraction of sp³-hybridized carbons (Fsp3) is 0.480. The van der Waals surface area contributed by atoms with Crippen molar-refractivity contribution in [2.45, 2.75) is 61.3 Å². The van der Waals surface area contributed by atoms with Crippen LogP contribution in [0.1, 0.15) is 59.2 Å². The van der Waals surface area contributed by atoms with Crippen molar-refractivity contribution in [1.82, 2.24) is 4.98 Å². The Kier molecular flexibility index (Phi) is 9.78. The van der Waals surface area contributed by atoms with Gasteiger partial charge in [0.05, 0.1) is 7.11 Å². The molecule has 1 aromatic rings. The van der Waals surface area contributed by atoms with E-state index in [1.807, 2.05) is 6.92 Å². The molecule has 1 heterocycles. The highest BCUT2D eigenvalue weighted by Crippen LogP contribution is 2.22. The minimum Gasteiger partial charge on any atom is -0.482 e. The molecule has 0 saturated heterocycles. The number of hydrogen-bond donors (Lipinski definition) is 1. The first kappa shape index (κ1) is 23.7. The lowest BCUT2D eigenvalue weighted by molar-refractivity contribution is 0.396. The first-order chi connectivity index (χ1) is 13.2. The highest BCUT2D eigenvalue weighted by molar-refractivity contribution is 5.27. The number of allylic oxidation sites excluding steroid dienone is 8. The van der Waals surface area contributed by atoms with Crippen molar-refractivity contribution < 1.29 is 4.74 Å². The van der Waals surface area contributed by atoms with Gasteiger partial charge in [0.2, 0.25) is 0 Å². The van der Waals surface area contributed by atoms with E-state index in [0.29, 0.717) is 24.1 Å². The van der Waals surface area contributed by atoms with Crippen molar-refractivity contribution in [1.29, 1.82) is 0 Å². The lowest BCUT2D eigenvalue weighted by Gasteiger charge is -2.18. The fourth-order valence-electron chi connectivity index (χ4n) is 3.05. The van der Waals surface area contributed by atoms with E-state index in [1.54, 1.807) is 7.11 Å². The predicted molar refractivity (Wildman–Crippen MR) is 121 cm³/mol. The van der Waals surface area contributed by atoms with Gasteiger partial charge in [0.15, 0.2) is 11.3 Å². The molecule has 0 aliphatic heterocycles. The maximum absolute atomic E-state index is 12.0. The molecule has 28 heavy (non-hydrogen) atoms. The number of nitrogens with one attached hydrogen (secondary N) is 1. The van der Waals surface area contributed by atoms with Crippen LogP contribution in [0.5, 0.6) is 5.88 Å². The molecule has 0 aromatic carbocycles. The maximum Gasteiger partial charge on any atom is 0.194 e. The Balaban J connectivity index is 2.71. The van der Waals surface area contributed by atoms with E-state index >= 15 is 0 Å². The van der Waals surface area contributed by atoms with Crippen LogP contribution in [0.3, 0.4) is 0 Å². The molecule has 0 saturated carbocycles. The van der Waals surface area contributed by atoms with Crippen LogP contribution in [0.15, 0.2) is 58.0 Å². The topological polar surface area (TPSA) is 42.1 Å². The molecule has 154 valence electrons. The summed E-state index contributed by atoms with van der Waals surface area (Å²) in [6.45, 7) is 15.0. The zero-order valence-electron chi connectivity index (χ0n) is 18.8. The summed E-state index contributed by atoms with van der Waals surface area (Å²) in [7, 11) is 1.56. The molecule has 0 aliphatic rings. The first-order valence-electron chi connectivity index (χ1n) is 10.1. The zero-order chi connectivity index (χ0) is 21.3. The monoisotopic (exact) mass is 383 g/mol. The highest BCUT2D eigenvalue weighted by atomic mass is 16.5. The minimum absolute atomic E-state index is 0.00816. The molecule has 0 amide bonds. The van der Waals surface area contributed by atoms with Gasteiger partial charge in [0.1, 0.15) is 0 Å². The van der Waals surface area contributed by atoms with Crippen LogP contribution >= 0.6 is 0 Å². The van der Waals surface area contributed by atoms with Crippen LogP contribution in [-0.2, 0) is 6.42 Å². The summed E-state index contributed by atoms with van der Waals surface area (Å²) in [4.78, 5) is 15.1. The van der Waals surface area contributed by atoms with E-state index in [4.69, 9.17) is 4.74 Å². The SMILES string of the molecule is C/C=C(\C)[C@H](C)[C@H](C)/C=C(C)/C=C/C/C(C)=C/Cc1[nH]c(OC)cc(=O)c1C. The van der Waals surface area contributed by atoms with Gasteiger partial charge in [-0.05, 0) is 52.9 Å². The van der Waals surface area contributed by atoms with E-state index in [0.717, 1.165) is 17.7 Å². The summed E-state index contributed by atoms with van der Waals surface area (Å²) in [5.41, 5.74) is 5.67. The second kappa shape index (κ2) is 11.5. The van der Waals surface area contributed by atoms with Crippen LogP contribution in [0, 0.1) is 18.8 Å². The van der Waals surface area contributed by atoms with E-state index < -0.39 is 0 Å². The molecule has 1 N–H and O–H groups in total. The highest BCUT2D eigenvalue weighted by Gasteiger charge is 2.10. The van der Waals surface area contributed by atoms with Gasteiger partial charge >= 0.3 is 0 Å². The number of methoxy groups -OCH3 is 1. The number of pyridine rings is 1. The van der Waals surface area contributed by atoms with E-state index in [1.165, 1.54) is 22.8 Å². The largest absolute Gasteiger partial charge is 0.482 e. The molecule has 0 bridgehead atoms. The second-order valence-corrected chi connectivity index (χ2v) is 7.76. The lowest BCUT2D eigenvalue weighted by atomic mass is 9.88. The lowest BCUT2D eigenvalue weighted by Crippen LogP contribution is -2.10. The number of aromatic nitrogens is 1. The number of hydrogen-bond acceptors (Lipinski definition) is 2. The normalized spacial score (nSPS) is 15.8. The smallest absolute Gasteiger partial charge is 0.194 e. The van der Waals surface area contributed by atoms with Crippen molar-refractivity contribution >= 4 is 0 Å². The van der Waals surface area contributed by atoms with Gasteiger partial charge in [0.25, 0.3) is 0 Å². The number of ether oxygens (including phenoxy) is 1. The average molecular weight is 384 g/mol. The number of H-pyrrole nitrogens is 1. The molecule has 1 aromatic heterocycles. The van der Waals surface area contributed by atoms with Crippen molar-refractivity contribution in [2.75, 3.05) is 7.11 Å². The van der Waals surface area contributed by atoms with Crippen molar-refractivity contribution in [3.63, 3.8) is 0 Å². The van der Waals surface area contributed by atoms with Gasteiger partial charge in [-0.1, -0.05) is 60.9 Å². The Hall–Kier alpha value is -2.29. The van der Waals surface area contributed by atoms with Crippen molar-refractivity contribution in [3.05, 3.63) is 74.6 Å². The van der Waals surface area contributed by atoms with Gasteiger partial charge < -0.3 is 9.72 Å². The van der Waals surface area contributed by atoms with Gasteiger partial charge in [-0.25, -0.2) is 0 Å². The summed E-state index contributed by atoms with van der Waals surface area (Å²) in [6, 6.07) is 1.49. The molecule has 1 rings (SSSR count). The third-order valence-electron chi connectivity index (χ3n) is 5.54. The second-order valence-electron chi connectivity index (χ2n) is 7.76. The Bertz CT molecular complexity index is 821. The third kappa shape index (κ3) is 7.38. The first-order valence-corrected chi connectivity index (χ1v) is 10.1. The molecule has 3 heteroatoms. The molecular weight excluding hydrogens is 346 g/mol. The number of rotatable bonds is 9. The van der Waals surface area contributed by atoms with Crippen molar-refractivity contribution in [2.24, 2.45) is 11.8 Å². The molecule has 3 nitrogen and oxygen atoms in total. The van der Waals surface area contributed by atoms with Crippen LogP contribution in [0.25, 0.3) is 0 Å². The van der Waals surface area contributed by atoms with E-state index in [2.05, 4.69) is 76.9 Å². The molecule has 0 unspecified atom stereocenters. The van der Waals surface area contributed by atoms with Gasteiger partial charge in [-0.3, -0.25) is 4.79 Å². The summed E-state index contributed by atoms with van der Waals surface area (Å²) >= 11 is 0. The quantitative estimate of drug-likeness (QED) is 0.401. The standard InChI is InChI=1S/C25H37NO2/c1-9-19(4)21(6)20(5)15-18(3)12-10-11-17(2)13-14-23-22(7)24(27)16-25(26-23)28-8/h9-10,12-13,15-16,20-21H,11,14H2,1-8H3,(H,26,27)/b12-10+,17-13+,18-15+,19-9+/t20-,21+/m1/s1. The summed E-state index contributed by atoms with van der Waals surface area (Å²) in [6.07, 6.45) is 12.7. The predicted octanol–water partition coefficient (Wildman–Crippen LogP) is 6.31. The third-order valence-corrected chi connectivity index (χ3v) is 5.54. The fourth-order valence-corrected chi connectivity index (χ4v) is 3.05. The van der Waals surface area contributed by atoms with Gasteiger partial charge in [-0.2, -0.15) is 0 Å². The summed E-state index contributed by atoms with van der Waals surface area (Å²) in [5.74, 6) is 1.59. The Morgan fingerprint density at radius 1 is 1.25 bits per heavy atom. The molecule has 0 fully saturated rings. The number of aromatic amines is 1. The Morgan fingerprint density at radius 3 is 2.54 bits per heavy atom. The van der Waals surface area contributed by atoms with Crippen LogP contribution < -0.4 is 10.2 Å². The molecular formula is C25H37NO2. The molecule has 0 aliphatic carbocycles. The summed E-state index contributed by atoms with van der Waals surface area (Å²) < 4.78 is 5.16.